The molecule has 0 unspecified atom stereocenters. The molecule has 19 heavy (non-hydrogen) atoms. The number of aliphatic carboxylic acids is 1. The highest BCUT2D eigenvalue weighted by Gasteiger charge is 2.14. The number of aromatic nitrogens is 4. The molecule has 1 aromatic heterocycles. The van der Waals surface area contributed by atoms with Crippen LogP contribution < -0.4 is 0 Å². The van der Waals surface area contributed by atoms with E-state index in [9.17, 15) is 4.79 Å². The van der Waals surface area contributed by atoms with Crippen LogP contribution in [0.2, 0.25) is 0 Å². The van der Waals surface area contributed by atoms with E-state index in [-0.39, 0.29) is 6.61 Å². The second kappa shape index (κ2) is 6.05. The molecule has 0 radical (unpaired) electrons. The van der Waals surface area contributed by atoms with Gasteiger partial charge in [-0.3, -0.25) is 0 Å². The van der Waals surface area contributed by atoms with Crippen LogP contribution in [-0.4, -0.2) is 37.4 Å². The summed E-state index contributed by atoms with van der Waals surface area (Å²) in [6.07, 6.45) is -0.887. The third-order valence-corrected chi connectivity index (χ3v) is 2.59. The summed E-state index contributed by atoms with van der Waals surface area (Å²) in [6.45, 7) is 2.05. The molecule has 2 rings (SSSR count). The maximum Gasteiger partial charge on any atom is 0.332 e. The van der Waals surface area contributed by atoms with Crippen molar-refractivity contribution in [2.45, 2.75) is 26.2 Å². The first-order valence-corrected chi connectivity index (χ1v) is 5.80. The molecule has 0 saturated carbocycles. The lowest BCUT2D eigenvalue weighted by molar-refractivity contribution is -0.150. The van der Waals surface area contributed by atoms with Crippen LogP contribution in [0.5, 0.6) is 0 Å². The number of hydrogen-bond donors (Lipinski definition) is 1. The van der Waals surface area contributed by atoms with E-state index < -0.39 is 12.1 Å². The van der Waals surface area contributed by atoms with E-state index in [0.29, 0.717) is 12.4 Å². The Bertz CT molecular complexity index is 541. The second-order valence-electron chi connectivity index (χ2n) is 4.03. The first kappa shape index (κ1) is 13.2. The van der Waals surface area contributed by atoms with Gasteiger partial charge >= 0.3 is 5.97 Å². The van der Waals surface area contributed by atoms with E-state index in [1.807, 2.05) is 30.3 Å². The predicted molar refractivity (Wildman–Crippen MR) is 65.2 cm³/mol. The summed E-state index contributed by atoms with van der Waals surface area (Å²) in [6, 6.07) is 9.73. The van der Waals surface area contributed by atoms with Crippen molar-refractivity contribution in [2.24, 2.45) is 0 Å². The number of tetrazole rings is 1. The van der Waals surface area contributed by atoms with Gasteiger partial charge in [-0.25, -0.2) is 9.48 Å². The van der Waals surface area contributed by atoms with Crippen molar-refractivity contribution < 1.29 is 14.6 Å². The summed E-state index contributed by atoms with van der Waals surface area (Å²) >= 11 is 0. The third-order valence-electron chi connectivity index (χ3n) is 2.59. The summed E-state index contributed by atoms with van der Waals surface area (Å²) in [5.41, 5.74) is 1.06. The smallest absolute Gasteiger partial charge is 0.332 e. The van der Waals surface area contributed by atoms with Crippen LogP contribution in [-0.2, 0) is 22.7 Å². The molecule has 0 aliphatic carbocycles. The average molecular weight is 262 g/mol. The number of carboxylic acid groups (broad SMARTS) is 1. The van der Waals surface area contributed by atoms with Crippen molar-refractivity contribution in [3.05, 3.63) is 41.7 Å². The van der Waals surface area contributed by atoms with Gasteiger partial charge in [0.15, 0.2) is 11.9 Å². The molecule has 7 heteroatoms. The maximum absolute atomic E-state index is 10.7. The van der Waals surface area contributed by atoms with Crippen molar-refractivity contribution in [3.63, 3.8) is 0 Å². The molecule has 0 spiro atoms. The second-order valence-corrected chi connectivity index (χ2v) is 4.03. The molecular weight excluding hydrogens is 248 g/mol. The molecule has 0 aliphatic rings. The highest BCUT2D eigenvalue weighted by molar-refractivity contribution is 5.71. The van der Waals surface area contributed by atoms with Crippen LogP contribution in [0.1, 0.15) is 18.3 Å². The van der Waals surface area contributed by atoms with Crippen LogP contribution in [0, 0.1) is 0 Å². The van der Waals surface area contributed by atoms with Crippen molar-refractivity contribution in [3.8, 4) is 0 Å². The first-order chi connectivity index (χ1) is 9.16. The van der Waals surface area contributed by atoms with Gasteiger partial charge in [-0.2, -0.15) is 0 Å². The number of benzene rings is 1. The van der Waals surface area contributed by atoms with E-state index in [1.165, 1.54) is 6.92 Å². The minimum Gasteiger partial charge on any atom is -0.479 e. The van der Waals surface area contributed by atoms with Gasteiger partial charge in [0, 0.05) is 0 Å². The van der Waals surface area contributed by atoms with E-state index in [4.69, 9.17) is 9.84 Å². The van der Waals surface area contributed by atoms with Crippen LogP contribution >= 0.6 is 0 Å². The van der Waals surface area contributed by atoms with Crippen LogP contribution in [0.4, 0.5) is 0 Å². The maximum atomic E-state index is 10.7. The molecule has 0 bridgehead atoms. The third kappa shape index (κ3) is 3.59. The molecule has 0 fully saturated rings. The van der Waals surface area contributed by atoms with Gasteiger partial charge in [0.2, 0.25) is 0 Å². The van der Waals surface area contributed by atoms with Gasteiger partial charge in [-0.15, -0.1) is 5.10 Å². The minimum atomic E-state index is -1.01. The van der Waals surface area contributed by atoms with Crippen molar-refractivity contribution in [2.75, 3.05) is 0 Å². The fourth-order valence-electron chi connectivity index (χ4n) is 1.48. The summed E-state index contributed by atoms with van der Waals surface area (Å²) in [4.78, 5) is 10.7. The lowest BCUT2D eigenvalue weighted by Gasteiger charge is -2.08. The fraction of sp³-hybridized carbons (Fsp3) is 0.333. The zero-order valence-electron chi connectivity index (χ0n) is 10.4. The van der Waals surface area contributed by atoms with E-state index in [1.54, 1.807) is 4.68 Å². The molecule has 2 aromatic rings. The number of nitrogens with zero attached hydrogens (tertiary/aromatic N) is 4. The molecule has 1 N–H and O–H groups in total. The highest BCUT2D eigenvalue weighted by atomic mass is 16.5. The number of carbonyl (C=O) groups is 1. The summed E-state index contributed by atoms with van der Waals surface area (Å²) in [7, 11) is 0. The lowest BCUT2D eigenvalue weighted by Crippen LogP contribution is -2.21. The zero-order chi connectivity index (χ0) is 13.7. The zero-order valence-corrected chi connectivity index (χ0v) is 10.4. The largest absolute Gasteiger partial charge is 0.479 e. The Labute approximate surface area is 109 Å². The van der Waals surface area contributed by atoms with E-state index >= 15 is 0 Å². The monoisotopic (exact) mass is 262 g/mol. The summed E-state index contributed by atoms with van der Waals surface area (Å²) in [5.74, 6) is -0.515. The average Bonchev–Trinajstić information content (AvgIpc) is 2.84. The Kier molecular flexibility index (Phi) is 4.19. The van der Waals surface area contributed by atoms with Crippen LogP contribution in [0.3, 0.4) is 0 Å². The normalized spacial score (nSPS) is 12.3. The molecule has 100 valence electrons. The molecule has 1 heterocycles. The minimum absolute atomic E-state index is 0.0628. The summed E-state index contributed by atoms with van der Waals surface area (Å²) in [5, 5.41) is 20.0. The lowest BCUT2D eigenvalue weighted by atomic mass is 10.2. The Balaban J connectivity index is 2.00. The Morgan fingerprint density at radius 2 is 2.16 bits per heavy atom. The first-order valence-electron chi connectivity index (χ1n) is 5.80. The predicted octanol–water partition coefficient (Wildman–Crippen LogP) is 0.711. The van der Waals surface area contributed by atoms with Gasteiger partial charge in [-0.05, 0) is 22.9 Å². The standard InChI is InChI=1S/C12H14N4O3/c1-9(12(17)18)19-8-11-13-14-15-16(11)7-10-5-3-2-4-6-10/h2-6,9H,7-8H2,1H3,(H,17,18)/t9-/m1/s1. The molecule has 1 aromatic carbocycles. The number of ether oxygens (including phenoxy) is 1. The molecule has 0 amide bonds. The fourth-order valence-corrected chi connectivity index (χ4v) is 1.48. The van der Waals surface area contributed by atoms with Gasteiger partial charge in [-0.1, -0.05) is 30.3 Å². The van der Waals surface area contributed by atoms with E-state index in [0.717, 1.165) is 5.56 Å². The Hall–Kier alpha value is -2.28. The topological polar surface area (TPSA) is 90.1 Å². The molecular formula is C12H14N4O3. The molecule has 0 saturated heterocycles. The number of hydrogen-bond acceptors (Lipinski definition) is 5. The molecule has 1 atom stereocenters. The molecule has 7 nitrogen and oxygen atoms in total. The number of rotatable bonds is 6. The van der Waals surface area contributed by atoms with E-state index in [2.05, 4.69) is 15.5 Å². The summed E-state index contributed by atoms with van der Waals surface area (Å²) < 4.78 is 6.75. The quantitative estimate of drug-likeness (QED) is 0.824. The highest BCUT2D eigenvalue weighted by Crippen LogP contribution is 2.05. The van der Waals surface area contributed by atoms with Crippen molar-refractivity contribution in [1.82, 2.24) is 20.2 Å². The van der Waals surface area contributed by atoms with Gasteiger partial charge in [0.1, 0.15) is 6.61 Å². The Morgan fingerprint density at radius 1 is 1.42 bits per heavy atom. The number of carboxylic acids is 1. The van der Waals surface area contributed by atoms with Gasteiger partial charge < -0.3 is 9.84 Å². The van der Waals surface area contributed by atoms with Gasteiger partial charge in [0.05, 0.1) is 6.54 Å². The van der Waals surface area contributed by atoms with Crippen molar-refractivity contribution in [1.29, 1.82) is 0 Å². The van der Waals surface area contributed by atoms with Crippen LogP contribution in [0.25, 0.3) is 0 Å². The SMILES string of the molecule is C[C@@H](OCc1nnnn1Cc1ccccc1)C(=O)O. The molecule has 0 aliphatic heterocycles. The Morgan fingerprint density at radius 3 is 2.84 bits per heavy atom. The van der Waals surface area contributed by atoms with Crippen molar-refractivity contribution >= 4 is 5.97 Å². The van der Waals surface area contributed by atoms with Gasteiger partial charge in [0.25, 0.3) is 0 Å². The van der Waals surface area contributed by atoms with Crippen LogP contribution in [0.15, 0.2) is 30.3 Å².